The third-order valence-corrected chi connectivity index (χ3v) is 4.05. The van der Waals surface area contributed by atoms with Crippen LogP contribution in [-0.2, 0) is 20.2 Å². The Balaban J connectivity index is 3.00. The highest BCUT2D eigenvalue weighted by molar-refractivity contribution is 7.90. The summed E-state index contributed by atoms with van der Waals surface area (Å²) >= 11 is 0. The second-order valence-corrected chi connectivity index (χ2v) is 7.65. The van der Waals surface area contributed by atoms with E-state index in [0.29, 0.717) is 0 Å². The van der Waals surface area contributed by atoms with Crippen molar-refractivity contribution in [3.05, 3.63) is 41.5 Å². The van der Waals surface area contributed by atoms with E-state index in [-0.39, 0.29) is 10.3 Å². The van der Waals surface area contributed by atoms with E-state index < -0.39 is 15.9 Å². The number of amides is 1. The molecule has 4 nitrogen and oxygen atoms in total. The molecule has 0 atom stereocenters. The first kappa shape index (κ1) is 16.4. The van der Waals surface area contributed by atoms with Gasteiger partial charge in [-0.1, -0.05) is 38.5 Å². The van der Waals surface area contributed by atoms with Crippen molar-refractivity contribution in [2.24, 2.45) is 0 Å². The molecule has 1 amide bonds. The topological polar surface area (TPSA) is 63.2 Å². The van der Waals surface area contributed by atoms with Gasteiger partial charge in [-0.2, -0.15) is 0 Å². The van der Waals surface area contributed by atoms with Gasteiger partial charge >= 0.3 is 0 Å². The zero-order chi connectivity index (χ0) is 15.6. The zero-order valence-electron chi connectivity index (χ0n) is 12.5. The van der Waals surface area contributed by atoms with Gasteiger partial charge in [0.15, 0.2) is 0 Å². The summed E-state index contributed by atoms with van der Waals surface area (Å²) in [4.78, 5) is 11.6. The summed E-state index contributed by atoms with van der Waals surface area (Å²) < 4.78 is 26.1. The van der Waals surface area contributed by atoms with Gasteiger partial charge in [0, 0.05) is 6.08 Å². The van der Waals surface area contributed by atoms with Crippen molar-refractivity contribution in [2.45, 2.75) is 44.9 Å². The van der Waals surface area contributed by atoms with Crippen LogP contribution in [0.3, 0.4) is 0 Å². The molecule has 0 aliphatic heterocycles. The molecule has 1 N–H and O–H groups in total. The third kappa shape index (κ3) is 4.49. The minimum Gasteiger partial charge on any atom is -0.269 e. The maximum atomic E-state index is 12.0. The number of rotatable bonds is 3. The fourth-order valence-electron chi connectivity index (χ4n) is 1.62. The van der Waals surface area contributed by atoms with Crippen LogP contribution in [0.5, 0.6) is 0 Å². The first-order valence-electron chi connectivity index (χ1n) is 6.34. The van der Waals surface area contributed by atoms with E-state index in [1.54, 1.807) is 26.0 Å². The quantitative estimate of drug-likeness (QED) is 0.872. The predicted octanol–water partition coefficient (Wildman–Crippen LogP) is 2.76. The Labute approximate surface area is 120 Å². The Morgan fingerprint density at radius 1 is 1.10 bits per heavy atom. The lowest BCUT2D eigenvalue weighted by molar-refractivity contribution is -0.114. The first-order chi connectivity index (χ1) is 9.02. The summed E-state index contributed by atoms with van der Waals surface area (Å²) in [7, 11) is -3.81. The molecular weight excluding hydrogens is 274 g/mol. The minimum absolute atomic E-state index is 0.0480. The van der Waals surface area contributed by atoms with E-state index in [1.165, 1.54) is 18.2 Å². The van der Waals surface area contributed by atoms with E-state index in [2.05, 4.69) is 0 Å². The van der Waals surface area contributed by atoms with Crippen molar-refractivity contribution in [2.75, 3.05) is 0 Å². The van der Waals surface area contributed by atoms with E-state index in [4.69, 9.17) is 0 Å². The Hall–Kier alpha value is -1.62. The lowest BCUT2D eigenvalue weighted by atomic mass is 9.87. The van der Waals surface area contributed by atoms with Crippen LogP contribution in [0.15, 0.2) is 40.8 Å². The molecule has 0 aliphatic rings. The van der Waals surface area contributed by atoms with E-state index in [1.807, 2.05) is 25.5 Å². The maximum Gasteiger partial charge on any atom is 0.264 e. The van der Waals surface area contributed by atoms with Gasteiger partial charge in [-0.15, -0.1) is 0 Å². The van der Waals surface area contributed by atoms with Crippen molar-refractivity contribution in [1.82, 2.24) is 4.72 Å². The van der Waals surface area contributed by atoms with Crippen molar-refractivity contribution >= 4 is 15.9 Å². The molecule has 0 aromatic heterocycles. The average molecular weight is 295 g/mol. The number of benzene rings is 1. The number of carbonyl (C=O) groups is 1. The molecule has 0 heterocycles. The van der Waals surface area contributed by atoms with Crippen LogP contribution in [0.2, 0.25) is 0 Å². The van der Waals surface area contributed by atoms with Gasteiger partial charge in [0.2, 0.25) is 0 Å². The lowest BCUT2D eigenvalue weighted by Crippen LogP contribution is -2.29. The van der Waals surface area contributed by atoms with Crippen LogP contribution in [0.25, 0.3) is 0 Å². The summed E-state index contributed by atoms with van der Waals surface area (Å²) in [6.07, 6.45) is 1.25. The third-order valence-electron chi connectivity index (χ3n) is 2.69. The monoisotopic (exact) mass is 295 g/mol. The molecule has 1 rings (SSSR count). The fourth-order valence-corrected chi connectivity index (χ4v) is 2.55. The molecular formula is C15H21NO3S. The fraction of sp³-hybridized carbons (Fsp3) is 0.400. The molecule has 110 valence electrons. The molecule has 0 spiro atoms. The molecule has 20 heavy (non-hydrogen) atoms. The summed E-state index contributed by atoms with van der Waals surface area (Å²) in [5.41, 5.74) is 1.72. The largest absolute Gasteiger partial charge is 0.269 e. The van der Waals surface area contributed by atoms with Crippen LogP contribution in [0.1, 0.15) is 40.2 Å². The molecule has 1 aromatic rings. The van der Waals surface area contributed by atoms with Gasteiger partial charge in [0.25, 0.3) is 15.9 Å². The SMILES string of the molecule is CC(C)=CC(=O)NS(=O)(=O)c1ccc(C(C)(C)C)cc1. The number of nitrogens with one attached hydrogen (secondary N) is 1. The van der Waals surface area contributed by atoms with E-state index >= 15 is 0 Å². The van der Waals surface area contributed by atoms with Crippen LogP contribution in [0.4, 0.5) is 0 Å². The highest BCUT2D eigenvalue weighted by Gasteiger charge is 2.18. The highest BCUT2D eigenvalue weighted by Crippen LogP contribution is 2.23. The molecule has 0 saturated heterocycles. The molecule has 0 aliphatic carbocycles. The van der Waals surface area contributed by atoms with E-state index in [9.17, 15) is 13.2 Å². The van der Waals surface area contributed by atoms with Gasteiger partial charge in [0.1, 0.15) is 0 Å². The second-order valence-electron chi connectivity index (χ2n) is 5.97. The van der Waals surface area contributed by atoms with Gasteiger partial charge in [-0.3, -0.25) is 4.79 Å². The number of carbonyl (C=O) groups excluding carboxylic acids is 1. The predicted molar refractivity (Wildman–Crippen MR) is 79.9 cm³/mol. The van der Waals surface area contributed by atoms with Gasteiger partial charge < -0.3 is 0 Å². The van der Waals surface area contributed by atoms with Crippen LogP contribution < -0.4 is 4.72 Å². The minimum atomic E-state index is -3.81. The number of sulfonamides is 1. The Morgan fingerprint density at radius 3 is 2.00 bits per heavy atom. The Morgan fingerprint density at radius 2 is 1.60 bits per heavy atom. The number of hydrogen-bond donors (Lipinski definition) is 1. The van der Waals surface area contributed by atoms with Crippen LogP contribution in [-0.4, -0.2) is 14.3 Å². The number of allylic oxidation sites excluding steroid dienone is 1. The smallest absolute Gasteiger partial charge is 0.264 e. The maximum absolute atomic E-state index is 12.0. The molecule has 0 unspecified atom stereocenters. The molecule has 0 saturated carbocycles. The van der Waals surface area contributed by atoms with Crippen LogP contribution >= 0.6 is 0 Å². The van der Waals surface area contributed by atoms with Gasteiger partial charge in [-0.05, 0) is 37.0 Å². The van der Waals surface area contributed by atoms with Gasteiger partial charge in [0.05, 0.1) is 4.90 Å². The molecule has 1 aromatic carbocycles. The Bertz CT molecular complexity index is 616. The zero-order valence-corrected chi connectivity index (χ0v) is 13.3. The van der Waals surface area contributed by atoms with Crippen molar-refractivity contribution < 1.29 is 13.2 Å². The molecule has 0 bridgehead atoms. The van der Waals surface area contributed by atoms with Gasteiger partial charge in [-0.25, -0.2) is 13.1 Å². The van der Waals surface area contributed by atoms with Crippen molar-refractivity contribution in [3.8, 4) is 0 Å². The van der Waals surface area contributed by atoms with Crippen molar-refractivity contribution in [3.63, 3.8) is 0 Å². The van der Waals surface area contributed by atoms with E-state index in [0.717, 1.165) is 11.1 Å². The normalized spacial score (nSPS) is 11.8. The molecule has 0 radical (unpaired) electrons. The number of hydrogen-bond acceptors (Lipinski definition) is 3. The summed E-state index contributed by atoms with van der Waals surface area (Å²) in [5.74, 6) is -0.634. The highest BCUT2D eigenvalue weighted by atomic mass is 32.2. The van der Waals surface area contributed by atoms with Crippen molar-refractivity contribution in [1.29, 1.82) is 0 Å². The molecule has 5 heteroatoms. The Kier molecular flexibility index (Phi) is 4.76. The van der Waals surface area contributed by atoms with Crippen LogP contribution in [0, 0.1) is 0 Å². The summed E-state index contributed by atoms with van der Waals surface area (Å²) in [5, 5.41) is 0. The second kappa shape index (κ2) is 5.79. The molecule has 0 fully saturated rings. The standard InChI is InChI=1S/C15H21NO3S/c1-11(2)10-14(17)16-20(18,19)13-8-6-12(7-9-13)15(3,4)5/h6-10H,1-5H3,(H,16,17). The first-order valence-corrected chi connectivity index (χ1v) is 7.83. The lowest BCUT2D eigenvalue weighted by Gasteiger charge is -2.19. The average Bonchev–Trinajstić information content (AvgIpc) is 2.26. The summed E-state index contributed by atoms with van der Waals surface area (Å²) in [6.45, 7) is 9.60. The summed E-state index contributed by atoms with van der Waals surface area (Å²) in [6, 6.07) is 6.55.